The standard InChI is InChI=1S/C28H24N2O6/c1-34-19-10-6-17(7-11-19)14-15-30-25(18-8-12-20(13-9-18)35-16-23(29)31)24-26(32)21-4-2-3-5-22(21)36-27(24)28(30)33/h2-13,25H,14-16H2,1H3,(H2,29,31)/t25-/m0/s1. The number of methoxy groups -OCH3 is 1. The second-order valence-corrected chi connectivity index (χ2v) is 8.49. The zero-order chi connectivity index (χ0) is 25.2. The van der Waals surface area contributed by atoms with Crippen LogP contribution in [-0.4, -0.2) is 37.0 Å². The van der Waals surface area contributed by atoms with Gasteiger partial charge in [-0.3, -0.25) is 14.4 Å². The molecular weight excluding hydrogens is 460 g/mol. The third-order valence-electron chi connectivity index (χ3n) is 6.25. The van der Waals surface area contributed by atoms with E-state index in [1.54, 1.807) is 60.5 Å². The summed E-state index contributed by atoms with van der Waals surface area (Å²) in [4.78, 5) is 39.8. The van der Waals surface area contributed by atoms with Gasteiger partial charge in [0.05, 0.1) is 24.1 Å². The summed E-state index contributed by atoms with van der Waals surface area (Å²) in [5, 5.41) is 0.424. The van der Waals surface area contributed by atoms with E-state index < -0.39 is 11.9 Å². The lowest BCUT2D eigenvalue weighted by atomic mass is 9.98. The predicted molar refractivity (Wildman–Crippen MR) is 133 cm³/mol. The van der Waals surface area contributed by atoms with Gasteiger partial charge in [0.25, 0.3) is 11.8 Å². The van der Waals surface area contributed by atoms with Crippen molar-refractivity contribution in [3.05, 3.63) is 105 Å². The first-order valence-electron chi connectivity index (χ1n) is 11.5. The number of ether oxygens (including phenoxy) is 2. The first-order chi connectivity index (χ1) is 17.5. The van der Waals surface area contributed by atoms with Gasteiger partial charge >= 0.3 is 0 Å². The van der Waals surface area contributed by atoms with Crippen molar-refractivity contribution >= 4 is 22.8 Å². The Labute approximate surface area is 206 Å². The normalized spacial score (nSPS) is 14.6. The minimum absolute atomic E-state index is 0.0625. The number of benzene rings is 3. The third kappa shape index (κ3) is 4.29. The molecule has 0 radical (unpaired) electrons. The highest BCUT2D eigenvalue weighted by Gasteiger charge is 2.42. The Morgan fingerprint density at radius 1 is 0.972 bits per heavy atom. The van der Waals surface area contributed by atoms with Crippen LogP contribution in [0.3, 0.4) is 0 Å². The van der Waals surface area contributed by atoms with Crippen LogP contribution in [0.15, 0.2) is 82.0 Å². The van der Waals surface area contributed by atoms with Gasteiger partial charge in [-0.2, -0.15) is 0 Å². The van der Waals surface area contributed by atoms with E-state index >= 15 is 0 Å². The number of para-hydroxylation sites is 1. The quantitative estimate of drug-likeness (QED) is 0.410. The van der Waals surface area contributed by atoms with Crippen LogP contribution in [-0.2, 0) is 11.2 Å². The molecule has 2 amide bonds. The lowest BCUT2D eigenvalue weighted by Gasteiger charge is -2.25. The van der Waals surface area contributed by atoms with Crippen LogP contribution < -0.4 is 20.6 Å². The molecule has 5 rings (SSSR count). The van der Waals surface area contributed by atoms with E-state index in [0.717, 1.165) is 16.9 Å². The largest absolute Gasteiger partial charge is 0.497 e. The van der Waals surface area contributed by atoms with Crippen LogP contribution in [0.25, 0.3) is 11.0 Å². The molecule has 0 bridgehead atoms. The third-order valence-corrected chi connectivity index (χ3v) is 6.25. The fourth-order valence-corrected chi connectivity index (χ4v) is 4.49. The first-order valence-corrected chi connectivity index (χ1v) is 11.5. The molecule has 8 heteroatoms. The molecule has 4 aromatic rings. The van der Waals surface area contributed by atoms with Crippen molar-refractivity contribution < 1.29 is 23.5 Å². The Morgan fingerprint density at radius 3 is 2.36 bits per heavy atom. The molecule has 2 N–H and O–H groups in total. The average Bonchev–Trinajstić information content (AvgIpc) is 3.18. The van der Waals surface area contributed by atoms with Gasteiger partial charge in [-0.05, 0) is 53.9 Å². The molecule has 8 nitrogen and oxygen atoms in total. The van der Waals surface area contributed by atoms with Crippen LogP contribution >= 0.6 is 0 Å². The summed E-state index contributed by atoms with van der Waals surface area (Å²) in [6.07, 6.45) is 0.577. The van der Waals surface area contributed by atoms with Gasteiger partial charge < -0.3 is 24.5 Å². The van der Waals surface area contributed by atoms with Crippen LogP contribution in [0.1, 0.15) is 33.3 Å². The Kier molecular flexibility index (Phi) is 6.16. The zero-order valence-electron chi connectivity index (χ0n) is 19.6. The van der Waals surface area contributed by atoms with Crippen molar-refractivity contribution in [1.29, 1.82) is 0 Å². The lowest BCUT2D eigenvalue weighted by molar-refractivity contribution is -0.119. The highest BCUT2D eigenvalue weighted by atomic mass is 16.5. The molecule has 0 aliphatic carbocycles. The average molecular weight is 485 g/mol. The summed E-state index contributed by atoms with van der Waals surface area (Å²) in [6.45, 7) is 0.128. The maximum atomic E-state index is 13.6. The van der Waals surface area contributed by atoms with Gasteiger partial charge in [-0.25, -0.2) is 0 Å². The number of nitrogens with zero attached hydrogens (tertiary/aromatic N) is 1. The Bertz CT molecular complexity index is 1490. The Hall–Kier alpha value is -4.59. The number of rotatable bonds is 8. The Balaban J connectivity index is 1.53. The molecule has 1 aliphatic rings. The summed E-state index contributed by atoms with van der Waals surface area (Å²) >= 11 is 0. The van der Waals surface area contributed by atoms with Crippen molar-refractivity contribution in [1.82, 2.24) is 4.90 Å². The highest BCUT2D eigenvalue weighted by molar-refractivity contribution is 5.99. The maximum absolute atomic E-state index is 13.6. The summed E-state index contributed by atoms with van der Waals surface area (Å²) in [7, 11) is 1.61. The van der Waals surface area contributed by atoms with Crippen LogP contribution in [0.2, 0.25) is 0 Å². The smallest absolute Gasteiger partial charge is 0.290 e. The van der Waals surface area contributed by atoms with E-state index in [1.165, 1.54) is 0 Å². The van der Waals surface area contributed by atoms with Crippen molar-refractivity contribution in [3.63, 3.8) is 0 Å². The van der Waals surface area contributed by atoms with E-state index in [-0.39, 0.29) is 23.7 Å². The van der Waals surface area contributed by atoms with Gasteiger partial charge in [-0.1, -0.05) is 36.4 Å². The molecule has 2 heterocycles. The van der Waals surface area contributed by atoms with E-state index in [0.29, 0.717) is 35.2 Å². The SMILES string of the molecule is COc1ccc(CCN2C(=O)c3oc4ccccc4c(=O)c3[C@@H]2c2ccc(OCC(N)=O)cc2)cc1. The summed E-state index contributed by atoms with van der Waals surface area (Å²) < 4.78 is 16.6. The van der Waals surface area contributed by atoms with Crippen molar-refractivity contribution in [2.75, 3.05) is 20.3 Å². The topological polar surface area (TPSA) is 112 Å². The lowest BCUT2D eigenvalue weighted by Crippen LogP contribution is -2.31. The van der Waals surface area contributed by atoms with Crippen molar-refractivity contribution in [3.8, 4) is 11.5 Å². The molecule has 0 fully saturated rings. The molecular formula is C28H24N2O6. The summed E-state index contributed by atoms with van der Waals surface area (Å²) in [6, 6.07) is 20.8. The number of amides is 2. The number of hydrogen-bond donors (Lipinski definition) is 1. The molecule has 3 aromatic carbocycles. The van der Waals surface area contributed by atoms with Crippen LogP contribution in [0.5, 0.6) is 11.5 Å². The van der Waals surface area contributed by atoms with Crippen LogP contribution in [0, 0.1) is 0 Å². The highest BCUT2D eigenvalue weighted by Crippen LogP contribution is 2.38. The molecule has 1 atom stereocenters. The first kappa shape index (κ1) is 23.2. The number of nitrogens with two attached hydrogens (primary N) is 1. The molecule has 182 valence electrons. The van der Waals surface area contributed by atoms with Crippen molar-refractivity contribution in [2.45, 2.75) is 12.5 Å². The van der Waals surface area contributed by atoms with Gasteiger partial charge in [0.2, 0.25) is 5.76 Å². The number of carbonyl (C=O) groups excluding carboxylic acids is 2. The minimum Gasteiger partial charge on any atom is -0.497 e. The molecule has 1 aromatic heterocycles. The molecule has 0 unspecified atom stereocenters. The molecule has 0 spiro atoms. The van der Waals surface area contributed by atoms with Gasteiger partial charge in [0.15, 0.2) is 12.0 Å². The van der Waals surface area contributed by atoms with Gasteiger partial charge in [-0.15, -0.1) is 0 Å². The van der Waals surface area contributed by atoms with E-state index in [1.807, 2.05) is 24.3 Å². The number of hydrogen-bond acceptors (Lipinski definition) is 6. The number of fused-ring (bicyclic) bond motifs is 2. The van der Waals surface area contributed by atoms with Gasteiger partial charge in [0.1, 0.15) is 17.1 Å². The number of carbonyl (C=O) groups is 2. The molecule has 0 saturated heterocycles. The van der Waals surface area contributed by atoms with Crippen molar-refractivity contribution in [2.24, 2.45) is 5.73 Å². The van der Waals surface area contributed by atoms with E-state index in [2.05, 4.69) is 0 Å². The number of primary amides is 1. The molecule has 1 aliphatic heterocycles. The predicted octanol–water partition coefficient (Wildman–Crippen LogP) is 3.45. The molecule has 36 heavy (non-hydrogen) atoms. The zero-order valence-corrected chi connectivity index (χ0v) is 19.6. The fraction of sp³-hybridized carbons (Fsp3) is 0.179. The maximum Gasteiger partial charge on any atom is 0.290 e. The van der Waals surface area contributed by atoms with Crippen LogP contribution in [0.4, 0.5) is 0 Å². The fourth-order valence-electron chi connectivity index (χ4n) is 4.49. The van der Waals surface area contributed by atoms with E-state index in [9.17, 15) is 14.4 Å². The van der Waals surface area contributed by atoms with E-state index in [4.69, 9.17) is 19.6 Å². The Morgan fingerprint density at radius 2 is 1.67 bits per heavy atom. The van der Waals surface area contributed by atoms with Gasteiger partial charge in [0, 0.05) is 6.54 Å². The minimum atomic E-state index is -0.628. The second kappa shape index (κ2) is 9.58. The second-order valence-electron chi connectivity index (χ2n) is 8.49. The molecule has 0 saturated carbocycles. The summed E-state index contributed by atoms with van der Waals surface area (Å²) in [5.41, 5.74) is 7.37. The monoisotopic (exact) mass is 484 g/mol. The summed E-state index contributed by atoms with van der Waals surface area (Å²) in [5.74, 6) is 0.357.